The summed E-state index contributed by atoms with van der Waals surface area (Å²) in [5.74, 6) is 1.49. The Morgan fingerprint density at radius 3 is 2.85 bits per heavy atom. The number of aryl methyl sites for hydroxylation is 1. The average molecular weight is 381 g/mol. The van der Waals surface area contributed by atoms with Crippen molar-refractivity contribution in [1.82, 2.24) is 19.9 Å². The van der Waals surface area contributed by atoms with Gasteiger partial charge in [0.2, 0.25) is 0 Å². The number of nitrogens with one attached hydrogen (secondary N) is 1. The summed E-state index contributed by atoms with van der Waals surface area (Å²) in [6, 6.07) is 7.56. The zero-order chi connectivity index (χ0) is 18.8. The number of carbonyl (C=O) groups is 1. The monoisotopic (exact) mass is 381 g/mol. The number of aromatic nitrogens is 3. The van der Waals surface area contributed by atoms with E-state index < -0.39 is 0 Å². The second-order valence-electron chi connectivity index (χ2n) is 6.26. The smallest absolute Gasteiger partial charge is 0.273 e. The van der Waals surface area contributed by atoms with Crippen molar-refractivity contribution in [1.29, 1.82) is 0 Å². The number of amides is 1. The first kappa shape index (κ1) is 17.4. The van der Waals surface area contributed by atoms with E-state index >= 15 is 0 Å². The molecule has 8 heteroatoms. The Balaban J connectivity index is 1.44. The van der Waals surface area contributed by atoms with E-state index in [9.17, 15) is 4.79 Å². The number of fused-ring (bicyclic) bond motifs is 1. The van der Waals surface area contributed by atoms with Gasteiger partial charge in [0.25, 0.3) is 5.91 Å². The molecule has 3 aromatic rings. The molecule has 0 spiro atoms. The number of hydrogen-bond donors (Lipinski definition) is 1. The summed E-state index contributed by atoms with van der Waals surface area (Å²) in [5, 5.41) is 5.68. The lowest BCUT2D eigenvalue weighted by Crippen LogP contribution is -2.36. The highest BCUT2D eigenvalue weighted by atomic mass is 32.1. The number of thiazole rings is 1. The van der Waals surface area contributed by atoms with Gasteiger partial charge in [-0.3, -0.25) is 4.79 Å². The molecule has 27 heavy (non-hydrogen) atoms. The van der Waals surface area contributed by atoms with Crippen LogP contribution >= 0.6 is 11.3 Å². The highest BCUT2D eigenvalue weighted by Gasteiger charge is 2.24. The summed E-state index contributed by atoms with van der Waals surface area (Å²) in [5.41, 5.74) is 3.38. The van der Waals surface area contributed by atoms with Crippen molar-refractivity contribution >= 4 is 28.1 Å². The van der Waals surface area contributed by atoms with E-state index in [1.807, 2.05) is 37.4 Å². The molecular formula is C19H19N5O2S. The van der Waals surface area contributed by atoms with Crippen molar-refractivity contribution in [2.75, 3.05) is 19.0 Å². The van der Waals surface area contributed by atoms with Crippen LogP contribution in [0.5, 0.6) is 5.75 Å². The quantitative estimate of drug-likeness (QED) is 0.748. The molecule has 0 radical (unpaired) electrons. The lowest BCUT2D eigenvalue weighted by Gasteiger charge is -2.27. The molecule has 138 valence electrons. The molecule has 0 saturated heterocycles. The van der Waals surface area contributed by atoms with Crippen LogP contribution in [0.15, 0.2) is 35.8 Å². The minimum Gasteiger partial charge on any atom is -0.497 e. The van der Waals surface area contributed by atoms with Crippen LogP contribution in [0, 0.1) is 6.92 Å². The third-order valence-electron chi connectivity index (χ3n) is 4.41. The highest BCUT2D eigenvalue weighted by Crippen LogP contribution is 2.25. The van der Waals surface area contributed by atoms with Gasteiger partial charge in [-0.1, -0.05) is 0 Å². The van der Waals surface area contributed by atoms with E-state index in [0.717, 1.165) is 34.9 Å². The molecule has 0 aliphatic carbocycles. The molecule has 0 saturated carbocycles. The average Bonchev–Trinajstić information content (AvgIpc) is 3.16. The minimum atomic E-state index is -0.0692. The van der Waals surface area contributed by atoms with Gasteiger partial charge in [0.1, 0.15) is 17.3 Å². The van der Waals surface area contributed by atoms with Gasteiger partial charge < -0.3 is 15.0 Å². The molecule has 0 atom stereocenters. The maximum Gasteiger partial charge on any atom is 0.273 e. The zero-order valence-electron chi connectivity index (χ0n) is 15.1. The number of benzene rings is 1. The topological polar surface area (TPSA) is 80.2 Å². The number of methoxy groups -OCH3 is 1. The third-order valence-corrected chi connectivity index (χ3v) is 5.16. The molecule has 1 aromatic carbocycles. The number of rotatable bonds is 4. The SMILES string of the molecule is COc1ccc(Nc2nc(C(=O)N3CCc4nc(C)ncc4C3)cs2)cc1. The van der Waals surface area contributed by atoms with Gasteiger partial charge in [-0.15, -0.1) is 11.3 Å². The normalized spacial score (nSPS) is 13.2. The number of nitrogens with zero attached hydrogens (tertiary/aromatic N) is 4. The molecule has 2 aromatic heterocycles. The van der Waals surface area contributed by atoms with Gasteiger partial charge in [0, 0.05) is 42.3 Å². The summed E-state index contributed by atoms with van der Waals surface area (Å²) in [4.78, 5) is 27.8. The Morgan fingerprint density at radius 1 is 1.26 bits per heavy atom. The maximum atomic E-state index is 12.8. The molecule has 0 fully saturated rings. The summed E-state index contributed by atoms with van der Waals surface area (Å²) in [6.45, 7) is 3.04. The molecule has 4 rings (SSSR count). The number of carbonyl (C=O) groups excluding carboxylic acids is 1. The van der Waals surface area contributed by atoms with Crippen molar-refractivity contribution in [3.05, 3.63) is 58.6 Å². The van der Waals surface area contributed by atoms with E-state index in [-0.39, 0.29) is 5.91 Å². The molecule has 1 aliphatic heterocycles. The van der Waals surface area contributed by atoms with Gasteiger partial charge in [-0.05, 0) is 31.2 Å². The maximum absolute atomic E-state index is 12.8. The molecule has 0 bridgehead atoms. The summed E-state index contributed by atoms with van der Waals surface area (Å²) >= 11 is 1.41. The first-order valence-electron chi connectivity index (χ1n) is 8.59. The van der Waals surface area contributed by atoms with Gasteiger partial charge in [0.05, 0.1) is 12.8 Å². The van der Waals surface area contributed by atoms with E-state index in [1.165, 1.54) is 11.3 Å². The lowest BCUT2D eigenvalue weighted by atomic mass is 10.1. The predicted molar refractivity (Wildman–Crippen MR) is 104 cm³/mol. The second kappa shape index (κ2) is 7.32. The summed E-state index contributed by atoms with van der Waals surface area (Å²) in [6.07, 6.45) is 2.56. The van der Waals surface area contributed by atoms with Crippen molar-refractivity contribution in [3.8, 4) is 5.75 Å². The molecule has 3 heterocycles. The Morgan fingerprint density at radius 2 is 2.07 bits per heavy atom. The van der Waals surface area contributed by atoms with Crippen molar-refractivity contribution in [2.45, 2.75) is 19.9 Å². The Bertz CT molecular complexity index is 970. The summed E-state index contributed by atoms with van der Waals surface area (Å²) < 4.78 is 5.15. The fourth-order valence-corrected chi connectivity index (χ4v) is 3.68. The number of anilines is 2. The molecular weight excluding hydrogens is 362 g/mol. The van der Waals surface area contributed by atoms with Crippen LogP contribution in [-0.2, 0) is 13.0 Å². The van der Waals surface area contributed by atoms with Crippen LogP contribution in [0.4, 0.5) is 10.8 Å². The molecule has 1 N–H and O–H groups in total. The standard InChI is InChI=1S/C19H19N5O2S/c1-12-20-9-13-10-24(8-7-16(13)21-12)18(25)17-11-27-19(23-17)22-14-3-5-15(26-2)6-4-14/h3-6,9,11H,7-8,10H2,1-2H3,(H,22,23). The fourth-order valence-electron chi connectivity index (χ4n) is 2.98. The second-order valence-corrected chi connectivity index (χ2v) is 7.12. The summed E-state index contributed by atoms with van der Waals surface area (Å²) in [7, 11) is 1.63. The minimum absolute atomic E-state index is 0.0692. The number of hydrogen-bond acceptors (Lipinski definition) is 7. The molecule has 1 aliphatic rings. The largest absolute Gasteiger partial charge is 0.497 e. The van der Waals surface area contributed by atoms with E-state index in [0.29, 0.717) is 23.9 Å². The Hall–Kier alpha value is -3.00. The van der Waals surface area contributed by atoms with Crippen LogP contribution in [0.25, 0.3) is 0 Å². The fraction of sp³-hybridized carbons (Fsp3) is 0.263. The van der Waals surface area contributed by atoms with Crippen LogP contribution in [0.1, 0.15) is 27.6 Å². The van der Waals surface area contributed by atoms with E-state index in [1.54, 1.807) is 17.4 Å². The van der Waals surface area contributed by atoms with E-state index in [2.05, 4.69) is 20.3 Å². The zero-order valence-corrected chi connectivity index (χ0v) is 15.9. The van der Waals surface area contributed by atoms with Crippen LogP contribution in [0.2, 0.25) is 0 Å². The number of ether oxygens (including phenoxy) is 1. The molecule has 0 unspecified atom stereocenters. The first-order chi connectivity index (χ1) is 13.1. The van der Waals surface area contributed by atoms with Crippen molar-refractivity contribution < 1.29 is 9.53 Å². The van der Waals surface area contributed by atoms with Gasteiger partial charge in [-0.2, -0.15) is 0 Å². The van der Waals surface area contributed by atoms with Gasteiger partial charge in [0.15, 0.2) is 5.13 Å². The molecule has 1 amide bonds. The highest BCUT2D eigenvalue weighted by molar-refractivity contribution is 7.14. The van der Waals surface area contributed by atoms with Crippen molar-refractivity contribution in [2.24, 2.45) is 0 Å². The third kappa shape index (κ3) is 3.75. The lowest BCUT2D eigenvalue weighted by molar-refractivity contribution is 0.0728. The predicted octanol–water partition coefficient (Wildman–Crippen LogP) is 3.19. The first-order valence-corrected chi connectivity index (χ1v) is 9.47. The van der Waals surface area contributed by atoms with Gasteiger partial charge in [-0.25, -0.2) is 15.0 Å². The van der Waals surface area contributed by atoms with E-state index in [4.69, 9.17) is 4.74 Å². The Kier molecular flexibility index (Phi) is 4.72. The molecule has 7 nitrogen and oxygen atoms in total. The van der Waals surface area contributed by atoms with Crippen LogP contribution < -0.4 is 10.1 Å². The Labute approximate surface area is 161 Å². The van der Waals surface area contributed by atoms with Gasteiger partial charge >= 0.3 is 0 Å². The van der Waals surface area contributed by atoms with Crippen molar-refractivity contribution in [3.63, 3.8) is 0 Å². The van der Waals surface area contributed by atoms with Crippen LogP contribution in [0.3, 0.4) is 0 Å². The van der Waals surface area contributed by atoms with Crippen LogP contribution in [-0.4, -0.2) is 39.4 Å².